The van der Waals surface area contributed by atoms with Gasteiger partial charge in [0.1, 0.15) is 0 Å². The number of nitrogens with two attached hydrogens (primary N) is 1. The lowest BCUT2D eigenvalue weighted by atomic mass is 10.0. The molecule has 1 unspecified atom stereocenters. The quantitative estimate of drug-likeness (QED) is 0.771. The van der Waals surface area contributed by atoms with Crippen LogP contribution in [0.3, 0.4) is 0 Å². The summed E-state index contributed by atoms with van der Waals surface area (Å²) in [7, 11) is 0. The van der Waals surface area contributed by atoms with Crippen molar-refractivity contribution in [1.82, 2.24) is 5.32 Å². The Morgan fingerprint density at radius 1 is 1.26 bits per heavy atom. The second-order valence-electron chi connectivity index (χ2n) is 5.74. The van der Waals surface area contributed by atoms with Gasteiger partial charge in [-0.15, -0.1) is 0 Å². The molecule has 3 nitrogen and oxygen atoms in total. The summed E-state index contributed by atoms with van der Waals surface area (Å²) in [6.45, 7) is 8.40. The van der Waals surface area contributed by atoms with Gasteiger partial charge in [0.2, 0.25) is 0 Å². The summed E-state index contributed by atoms with van der Waals surface area (Å²) in [6, 6.07) is 5.73. The molecule has 0 spiro atoms. The highest BCUT2D eigenvalue weighted by Gasteiger charge is 2.14. The monoisotopic (exact) mass is 262 g/mol. The molecule has 106 valence electrons. The van der Waals surface area contributed by atoms with E-state index in [2.05, 4.69) is 19.2 Å². The van der Waals surface area contributed by atoms with Gasteiger partial charge in [0, 0.05) is 11.7 Å². The van der Waals surface area contributed by atoms with E-state index >= 15 is 0 Å². The van der Waals surface area contributed by atoms with Gasteiger partial charge in [0.25, 0.3) is 5.91 Å². The second-order valence-corrected chi connectivity index (χ2v) is 5.74. The van der Waals surface area contributed by atoms with Crippen molar-refractivity contribution >= 4 is 11.6 Å². The lowest BCUT2D eigenvalue weighted by molar-refractivity contribution is 0.0938. The predicted octanol–water partition coefficient (Wildman–Crippen LogP) is 3.52. The first-order valence-electron chi connectivity index (χ1n) is 7.07. The van der Waals surface area contributed by atoms with Crippen LogP contribution in [0.5, 0.6) is 0 Å². The Balaban J connectivity index is 2.55. The van der Waals surface area contributed by atoms with Crippen LogP contribution in [0, 0.1) is 12.8 Å². The number of carbonyl (C=O) groups excluding carboxylic acids is 1. The molecule has 0 aliphatic carbocycles. The number of aryl methyl sites for hydroxylation is 1. The number of hydrogen-bond acceptors (Lipinski definition) is 2. The zero-order valence-electron chi connectivity index (χ0n) is 12.5. The fraction of sp³-hybridized carbons (Fsp3) is 0.562. The number of nitrogen functional groups attached to an aromatic ring is 1. The first kappa shape index (κ1) is 15.5. The average Bonchev–Trinajstić information content (AvgIpc) is 2.27. The number of benzene rings is 1. The number of rotatable bonds is 6. The van der Waals surface area contributed by atoms with Gasteiger partial charge in [-0.2, -0.15) is 0 Å². The second kappa shape index (κ2) is 7.17. The van der Waals surface area contributed by atoms with Crippen LogP contribution >= 0.6 is 0 Å². The Kier molecular flexibility index (Phi) is 5.87. The van der Waals surface area contributed by atoms with Crippen molar-refractivity contribution in [3.05, 3.63) is 29.3 Å². The molecule has 0 aliphatic rings. The van der Waals surface area contributed by atoms with Crippen LogP contribution in [0.25, 0.3) is 0 Å². The Bertz CT molecular complexity index is 407. The van der Waals surface area contributed by atoms with E-state index in [-0.39, 0.29) is 11.9 Å². The summed E-state index contributed by atoms with van der Waals surface area (Å²) in [4.78, 5) is 12.2. The lowest BCUT2D eigenvalue weighted by Gasteiger charge is -2.16. The molecular weight excluding hydrogens is 236 g/mol. The van der Waals surface area contributed by atoms with Gasteiger partial charge < -0.3 is 11.1 Å². The molecule has 3 N–H and O–H groups in total. The average molecular weight is 262 g/mol. The summed E-state index contributed by atoms with van der Waals surface area (Å²) >= 11 is 0. The third kappa shape index (κ3) is 4.93. The Morgan fingerprint density at radius 3 is 2.53 bits per heavy atom. The fourth-order valence-corrected chi connectivity index (χ4v) is 2.20. The molecule has 1 aromatic rings. The van der Waals surface area contributed by atoms with E-state index in [0.717, 1.165) is 24.3 Å². The van der Waals surface area contributed by atoms with Crippen molar-refractivity contribution < 1.29 is 4.79 Å². The molecule has 0 saturated carbocycles. The minimum Gasteiger partial charge on any atom is -0.398 e. The molecule has 0 aliphatic heterocycles. The van der Waals surface area contributed by atoms with E-state index in [1.165, 1.54) is 6.42 Å². The number of nitrogens with one attached hydrogen (secondary N) is 1. The number of carbonyl (C=O) groups is 1. The molecule has 0 saturated heterocycles. The molecule has 0 fully saturated rings. The van der Waals surface area contributed by atoms with Gasteiger partial charge in [0.15, 0.2) is 0 Å². The van der Waals surface area contributed by atoms with Crippen molar-refractivity contribution in [3.8, 4) is 0 Å². The maximum absolute atomic E-state index is 12.2. The lowest BCUT2D eigenvalue weighted by Crippen LogP contribution is -2.33. The number of anilines is 1. The largest absolute Gasteiger partial charge is 0.398 e. The van der Waals surface area contributed by atoms with Crippen LogP contribution in [-0.2, 0) is 0 Å². The van der Waals surface area contributed by atoms with Crippen molar-refractivity contribution in [3.63, 3.8) is 0 Å². The van der Waals surface area contributed by atoms with Crippen molar-refractivity contribution in [1.29, 1.82) is 0 Å². The van der Waals surface area contributed by atoms with Crippen LogP contribution in [0.15, 0.2) is 18.2 Å². The minimum atomic E-state index is -0.0624. The van der Waals surface area contributed by atoms with Crippen LogP contribution in [0.4, 0.5) is 5.69 Å². The van der Waals surface area contributed by atoms with Crippen molar-refractivity contribution in [2.45, 2.75) is 53.0 Å². The normalized spacial score (nSPS) is 12.5. The fourth-order valence-electron chi connectivity index (χ4n) is 2.20. The van der Waals surface area contributed by atoms with E-state index in [4.69, 9.17) is 5.73 Å². The highest BCUT2D eigenvalue weighted by Crippen LogP contribution is 2.16. The first-order chi connectivity index (χ1) is 8.91. The van der Waals surface area contributed by atoms with Gasteiger partial charge in [-0.05, 0) is 37.8 Å². The molecular formula is C16H26N2O. The van der Waals surface area contributed by atoms with Gasteiger partial charge in [-0.25, -0.2) is 0 Å². The molecule has 0 bridgehead atoms. The van der Waals surface area contributed by atoms with Gasteiger partial charge in [-0.1, -0.05) is 38.8 Å². The van der Waals surface area contributed by atoms with E-state index in [0.29, 0.717) is 11.3 Å². The molecule has 19 heavy (non-hydrogen) atoms. The third-order valence-corrected chi connectivity index (χ3v) is 3.33. The molecule has 1 amide bonds. The standard InChI is InChI=1S/C16H26N2O/c1-11(2)7-5-9-13(4)18-16(19)15-12(3)8-6-10-14(15)17/h6,8,10-11,13H,5,7,9,17H2,1-4H3,(H,18,19). The Hall–Kier alpha value is -1.51. The van der Waals surface area contributed by atoms with Crippen LogP contribution in [-0.4, -0.2) is 11.9 Å². The topological polar surface area (TPSA) is 55.1 Å². The van der Waals surface area contributed by atoms with E-state index in [1.807, 2.05) is 26.0 Å². The highest BCUT2D eigenvalue weighted by atomic mass is 16.1. The van der Waals surface area contributed by atoms with Gasteiger partial charge in [0.05, 0.1) is 5.56 Å². The molecule has 0 radical (unpaired) electrons. The number of hydrogen-bond donors (Lipinski definition) is 2. The van der Waals surface area contributed by atoms with E-state index < -0.39 is 0 Å². The summed E-state index contributed by atoms with van der Waals surface area (Å²) < 4.78 is 0. The Morgan fingerprint density at radius 2 is 1.95 bits per heavy atom. The van der Waals surface area contributed by atoms with E-state index in [9.17, 15) is 4.79 Å². The summed E-state index contributed by atoms with van der Waals surface area (Å²) in [5, 5.41) is 3.03. The molecule has 1 rings (SSSR count). The highest BCUT2D eigenvalue weighted by molar-refractivity contribution is 6.00. The Labute approximate surface area is 116 Å². The number of amides is 1. The molecule has 0 aromatic heterocycles. The maximum atomic E-state index is 12.2. The third-order valence-electron chi connectivity index (χ3n) is 3.33. The summed E-state index contributed by atoms with van der Waals surface area (Å²) in [5.41, 5.74) is 7.96. The van der Waals surface area contributed by atoms with E-state index in [1.54, 1.807) is 6.07 Å². The summed E-state index contributed by atoms with van der Waals surface area (Å²) in [5.74, 6) is 0.655. The van der Waals surface area contributed by atoms with Gasteiger partial charge >= 0.3 is 0 Å². The SMILES string of the molecule is Cc1cccc(N)c1C(=O)NC(C)CCCC(C)C. The maximum Gasteiger partial charge on any atom is 0.253 e. The van der Waals surface area contributed by atoms with Crippen molar-refractivity contribution in [2.75, 3.05) is 5.73 Å². The smallest absolute Gasteiger partial charge is 0.253 e. The zero-order chi connectivity index (χ0) is 14.4. The molecule has 1 aromatic carbocycles. The van der Waals surface area contributed by atoms with Crippen LogP contribution in [0.2, 0.25) is 0 Å². The zero-order valence-corrected chi connectivity index (χ0v) is 12.5. The predicted molar refractivity (Wildman–Crippen MR) is 81.2 cm³/mol. The molecule has 0 heterocycles. The van der Waals surface area contributed by atoms with Crippen molar-refractivity contribution in [2.24, 2.45) is 5.92 Å². The summed E-state index contributed by atoms with van der Waals surface area (Å²) in [6.07, 6.45) is 3.35. The van der Waals surface area contributed by atoms with Crippen LogP contribution < -0.4 is 11.1 Å². The molecule has 3 heteroatoms. The molecule has 1 atom stereocenters. The van der Waals surface area contributed by atoms with Crippen LogP contribution in [0.1, 0.15) is 56.0 Å². The van der Waals surface area contributed by atoms with Gasteiger partial charge in [-0.3, -0.25) is 4.79 Å². The minimum absolute atomic E-state index is 0.0624. The first-order valence-corrected chi connectivity index (χ1v) is 7.07.